The Bertz CT molecular complexity index is 917. The van der Waals surface area contributed by atoms with Gasteiger partial charge >= 0.3 is 0 Å². The number of carbonyl (C=O) groups is 1. The summed E-state index contributed by atoms with van der Waals surface area (Å²) in [7, 11) is 1.47. The van der Waals surface area contributed by atoms with E-state index < -0.39 is 23.0 Å². The van der Waals surface area contributed by atoms with Crippen molar-refractivity contribution >= 4 is 17.4 Å². The van der Waals surface area contributed by atoms with Crippen LogP contribution >= 0.6 is 0 Å². The van der Waals surface area contributed by atoms with Gasteiger partial charge in [0.05, 0.1) is 11.3 Å². The number of pyridine rings is 1. The summed E-state index contributed by atoms with van der Waals surface area (Å²) in [5.41, 5.74) is 0.403. The Morgan fingerprint density at radius 2 is 2.00 bits per heavy atom. The van der Waals surface area contributed by atoms with Crippen LogP contribution in [0.15, 0.2) is 23.0 Å². The molecule has 0 aliphatic heterocycles. The Labute approximate surface area is 144 Å². The molecule has 1 saturated carbocycles. The molecule has 1 aliphatic rings. The molecule has 7 heteroatoms. The van der Waals surface area contributed by atoms with E-state index in [1.54, 1.807) is 13.0 Å². The highest BCUT2D eigenvalue weighted by Gasteiger charge is 2.29. The Kier molecular flexibility index (Phi) is 4.24. The molecule has 1 fully saturated rings. The molecule has 1 aromatic heterocycles. The third-order valence-corrected chi connectivity index (χ3v) is 4.31. The summed E-state index contributed by atoms with van der Waals surface area (Å²) in [6.45, 7) is 3.20. The van der Waals surface area contributed by atoms with Gasteiger partial charge in [-0.05, 0) is 44.4 Å². The first-order valence-corrected chi connectivity index (χ1v) is 8.06. The van der Waals surface area contributed by atoms with Crippen molar-refractivity contribution in [2.24, 2.45) is 7.05 Å². The van der Waals surface area contributed by atoms with Gasteiger partial charge < -0.3 is 15.7 Å². The SMILES string of the molecule is Cc1ccc(Nc2c(C(=O)NC3CC3)c(O)c(C)c(=O)n2C)c(F)c1. The number of aromatic hydroxyl groups is 1. The number of halogens is 1. The second-order valence-electron chi connectivity index (χ2n) is 6.42. The van der Waals surface area contributed by atoms with Crippen molar-refractivity contribution in [1.29, 1.82) is 0 Å². The molecule has 3 N–H and O–H groups in total. The van der Waals surface area contributed by atoms with Crippen molar-refractivity contribution in [1.82, 2.24) is 9.88 Å². The quantitative estimate of drug-likeness (QED) is 0.795. The van der Waals surface area contributed by atoms with Crippen LogP contribution in [0.4, 0.5) is 15.9 Å². The van der Waals surface area contributed by atoms with Crippen molar-refractivity contribution in [2.45, 2.75) is 32.7 Å². The standard InChI is InChI=1S/C18H20FN3O3/c1-9-4-7-13(12(19)8-9)21-16-14(17(24)20-11-5-6-11)15(23)10(2)18(25)22(16)3/h4,7-8,11,21,23H,5-6H2,1-3H3,(H,20,24). The van der Waals surface area contributed by atoms with E-state index in [1.165, 1.54) is 30.7 Å². The van der Waals surface area contributed by atoms with Crippen LogP contribution in [-0.4, -0.2) is 21.6 Å². The Balaban J connectivity index is 2.12. The van der Waals surface area contributed by atoms with Crippen molar-refractivity contribution in [3.05, 3.63) is 51.1 Å². The number of aromatic nitrogens is 1. The lowest BCUT2D eigenvalue weighted by atomic mass is 10.1. The van der Waals surface area contributed by atoms with E-state index in [-0.39, 0.29) is 28.7 Å². The molecule has 3 rings (SSSR count). The number of nitrogens with zero attached hydrogens (tertiary/aromatic N) is 1. The van der Waals surface area contributed by atoms with E-state index >= 15 is 0 Å². The smallest absolute Gasteiger partial charge is 0.259 e. The van der Waals surface area contributed by atoms with Gasteiger partial charge in [-0.2, -0.15) is 0 Å². The number of hydrogen-bond donors (Lipinski definition) is 3. The first-order chi connectivity index (χ1) is 11.8. The molecule has 132 valence electrons. The first kappa shape index (κ1) is 17.0. The molecule has 1 aliphatic carbocycles. The zero-order valence-electron chi connectivity index (χ0n) is 14.3. The summed E-state index contributed by atoms with van der Waals surface area (Å²) in [5, 5.41) is 15.9. The molecule has 0 bridgehead atoms. The minimum atomic E-state index is -0.513. The molecule has 0 unspecified atom stereocenters. The molecule has 1 heterocycles. The van der Waals surface area contributed by atoms with E-state index in [0.717, 1.165) is 18.4 Å². The molecule has 0 radical (unpaired) electrons. The van der Waals surface area contributed by atoms with Crippen molar-refractivity contribution in [3.8, 4) is 5.75 Å². The summed E-state index contributed by atoms with van der Waals surface area (Å²) in [6, 6.07) is 4.66. The molecular formula is C18H20FN3O3. The highest BCUT2D eigenvalue weighted by molar-refractivity contribution is 6.02. The van der Waals surface area contributed by atoms with E-state index in [9.17, 15) is 19.1 Å². The predicted molar refractivity (Wildman–Crippen MR) is 93.0 cm³/mol. The van der Waals surface area contributed by atoms with Gasteiger partial charge in [-0.1, -0.05) is 6.07 Å². The van der Waals surface area contributed by atoms with Gasteiger partial charge in [-0.15, -0.1) is 0 Å². The molecule has 1 amide bonds. The number of carbonyl (C=O) groups excluding carboxylic acids is 1. The van der Waals surface area contributed by atoms with Crippen molar-refractivity contribution < 1.29 is 14.3 Å². The molecule has 1 aromatic carbocycles. The summed E-state index contributed by atoms with van der Waals surface area (Å²) >= 11 is 0. The van der Waals surface area contributed by atoms with Crippen LogP contribution in [-0.2, 0) is 7.05 Å². The first-order valence-electron chi connectivity index (χ1n) is 8.06. The highest BCUT2D eigenvalue weighted by Crippen LogP contribution is 2.31. The maximum atomic E-state index is 14.2. The number of aryl methyl sites for hydroxylation is 1. The van der Waals surface area contributed by atoms with E-state index in [0.29, 0.717) is 0 Å². The largest absolute Gasteiger partial charge is 0.506 e. The Morgan fingerprint density at radius 3 is 2.60 bits per heavy atom. The van der Waals surface area contributed by atoms with Crippen LogP contribution in [0.1, 0.15) is 34.3 Å². The van der Waals surface area contributed by atoms with Gasteiger partial charge in [0, 0.05) is 13.1 Å². The van der Waals surface area contributed by atoms with Crippen LogP contribution in [0.2, 0.25) is 0 Å². The topological polar surface area (TPSA) is 83.4 Å². The van der Waals surface area contributed by atoms with Crippen LogP contribution in [0.3, 0.4) is 0 Å². The molecule has 6 nitrogen and oxygen atoms in total. The minimum absolute atomic E-state index is 0.0500. The lowest BCUT2D eigenvalue weighted by Crippen LogP contribution is -2.31. The maximum Gasteiger partial charge on any atom is 0.259 e. The van der Waals surface area contributed by atoms with E-state index in [2.05, 4.69) is 10.6 Å². The lowest BCUT2D eigenvalue weighted by Gasteiger charge is -2.19. The van der Waals surface area contributed by atoms with Gasteiger partial charge in [-0.25, -0.2) is 4.39 Å². The van der Waals surface area contributed by atoms with Gasteiger partial charge in [0.1, 0.15) is 22.9 Å². The van der Waals surface area contributed by atoms with Crippen molar-refractivity contribution in [3.63, 3.8) is 0 Å². The number of rotatable bonds is 4. The van der Waals surface area contributed by atoms with Crippen LogP contribution < -0.4 is 16.2 Å². The average Bonchev–Trinajstić information content (AvgIpc) is 3.36. The maximum absolute atomic E-state index is 14.2. The fourth-order valence-corrected chi connectivity index (χ4v) is 2.62. The highest BCUT2D eigenvalue weighted by atomic mass is 19.1. The Morgan fingerprint density at radius 1 is 1.32 bits per heavy atom. The fourth-order valence-electron chi connectivity index (χ4n) is 2.62. The van der Waals surface area contributed by atoms with E-state index in [4.69, 9.17) is 0 Å². The number of nitrogens with one attached hydrogen (secondary N) is 2. The molecule has 0 saturated heterocycles. The van der Waals surface area contributed by atoms with Crippen molar-refractivity contribution in [2.75, 3.05) is 5.32 Å². The van der Waals surface area contributed by atoms with Crippen LogP contribution in [0, 0.1) is 19.7 Å². The monoisotopic (exact) mass is 345 g/mol. The molecule has 0 atom stereocenters. The van der Waals surface area contributed by atoms with Gasteiger partial charge in [-0.3, -0.25) is 14.2 Å². The number of benzene rings is 1. The number of hydrogen-bond acceptors (Lipinski definition) is 4. The fraction of sp³-hybridized carbons (Fsp3) is 0.333. The molecule has 25 heavy (non-hydrogen) atoms. The normalized spacial score (nSPS) is 13.6. The zero-order valence-corrected chi connectivity index (χ0v) is 14.3. The van der Waals surface area contributed by atoms with Gasteiger partial charge in [0.25, 0.3) is 11.5 Å². The van der Waals surface area contributed by atoms with E-state index in [1.807, 2.05) is 0 Å². The van der Waals surface area contributed by atoms with Crippen LogP contribution in [0.5, 0.6) is 5.75 Å². The Hall–Kier alpha value is -2.83. The number of amides is 1. The molecule has 2 aromatic rings. The third kappa shape index (κ3) is 3.22. The molecule has 0 spiro atoms. The average molecular weight is 345 g/mol. The number of anilines is 2. The third-order valence-electron chi connectivity index (χ3n) is 4.31. The second-order valence-corrected chi connectivity index (χ2v) is 6.42. The molecular weight excluding hydrogens is 325 g/mol. The lowest BCUT2D eigenvalue weighted by molar-refractivity contribution is 0.0948. The zero-order chi connectivity index (χ0) is 18.3. The van der Waals surface area contributed by atoms with Gasteiger partial charge in [0.2, 0.25) is 0 Å². The summed E-state index contributed by atoms with van der Waals surface area (Å²) in [6.07, 6.45) is 1.76. The summed E-state index contributed by atoms with van der Waals surface area (Å²) in [4.78, 5) is 24.8. The van der Waals surface area contributed by atoms with Gasteiger partial charge in [0.15, 0.2) is 0 Å². The summed E-state index contributed by atoms with van der Waals surface area (Å²) < 4.78 is 15.4. The predicted octanol–water partition coefficient (Wildman–Crippen LogP) is 2.48. The van der Waals surface area contributed by atoms with Crippen LogP contribution in [0.25, 0.3) is 0 Å². The second kappa shape index (κ2) is 6.23. The summed E-state index contributed by atoms with van der Waals surface area (Å²) in [5.74, 6) is -1.35. The minimum Gasteiger partial charge on any atom is -0.506 e.